The molecule has 0 aliphatic heterocycles. The SMILES string of the molecule is CN(C)c1cc(C(=O)CC(C)(C)C)c(O)c2c1CC1CC3CC(O)=C(C(N)=O)C(=O)C3C(O)=C1C2=O. The molecule has 9 nitrogen and oxygen atoms in total. The first-order valence-corrected chi connectivity index (χ1v) is 12.0. The highest BCUT2D eigenvalue weighted by Crippen LogP contribution is 2.51. The second-order valence-corrected chi connectivity index (χ2v) is 11.5. The van der Waals surface area contributed by atoms with Gasteiger partial charge < -0.3 is 26.0 Å². The highest BCUT2D eigenvalue weighted by atomic mass is 16.3. The summed E-state index contributed by atoms with van der Waals surface area (Å²) in [5, 5.41) is 32.6. The molecule has 36 heavy (non-hydrogen) atoms. The van der Waals surface area contributed by atoms with Gasteiger partial charge in [-0.15, -0.1) is 0 Å². The van der Waals surface area contributed by atoms with Crippen molar-refractivity contribution in [2.75, 3.05) is 19.0 Å². The predicted octanol–water partition coefficient (Wildman–Crippen LogP) is 3.15. The molecule has 0 saturated carbocycles. The Morgan fingerprint density at radius 1 is 1.11 bits per heavy atom. The number of amides is 1. The molecule has 5 N–H and O–H groups in total. The molecule has 192 valence electrons. The van der Waals surface area contributed by atoms with Gasteiger partial charge in [0.25, 0.3) is 5.91 Å². The lowest BCUT2D eigenvalue weighted by Crippen LogP contribution is -2.43. The van der Waals surface area contributed by atoms with Gasteiger partial charge in [0.15, 0.2) is 17.3 Å². The molecule has 1 amide bonds. The van der Waals surface area contributed by atoms with Crippen molar-refractivity contribution in [3.63, 3.8) is 0 Å². The Kier molecular flexibility index (Phi) is 6.01. The number of hydrogen-bond acceptors (Lipinski definition) is 8. The van der Waals surface area contributed by atoms with Crippen LogP contribution in [0, 0.1) is 23.2 Å². The summed E-state index contributed by atoms with van der Waals surface area (Å²) in [6.07, 6.45) is 0.742. The van der Waals surface area contributed by atoms with Crippen molar-refractivity contribution < 1.29 is 34.5 Å². The van der Waals surface area contributed by atoms with Crippen molar-refractivity contribution in [1.29, 1.82) is 0 Å². The zero-order valence-corrected chi connectivity index (χ0v) is 21.1. The number of carbonyl (C=O) groups excluding carboxylic acids is 4. The fraction of sp³-hybridized carbons (Fsp3) is 0.481. The summed E-state index contributed by atoms with van der Waals surface area (Å²) in [5.41, 5.74) is 5.55. The summed E-state index contributed by atoms with van der Waals surface area (Å²) in [6, 6.07) is 1.60. The van der Waals surface area contributed by atoms with E-state index in [1.165, 1.54) is 0 Å². The number of phenols is 1. The summed E-state index contributed by atoms with van der Waals surface area (Å²) < 4.78 is 0. The number of rotatable bonds is 4. The molecular weight excluding hydrogens is 464 g/mol. The van der Waals surface area contributed by atoms with E-state index in [2.05, 4.69) is 0 Å². The molecular formula is C27H32N2O7. The van der Waals surface area contributed by atoms with Gasteiger partial charge in [-0.3, -0.25) is 19.2 Å². The van der Waals surface area contributed by atoms with E-state index in [9.17, 15) is 34.5 Å². The minimum Gasteiger partial charge on any atom is -0.511 e. The van der Waals surface area contributed by atoms with Crippen LogP contribution in [-0.4, -0.2) is 52.7 Å². The van der Waals surface area contributed by atoms with Crippen molar-refractivity contribution in [3.8, 4) is 5.75 Å². The van der Waals surface area contributed by atoms with Gasteiger partial charge in [-0.05, 0) is 41.7 Å². The average molecular weight is 497 g/mol. The Bertz CT molecular complexity index is 1280. The highest BCUT2D eigenvalue weighted by Gasteiger charge is 2.50. The van der Waals surface area contributed by atoms with E-state index < -0.39 is 58.1 Å². The molecule has 0 spiro atoms. The topological polar surface area (TPSA) is 158 Å². The van der Waals surface area contributed by atoms with Gasteiger partial charge in [-0.1, -0.05) is 20.8 Å². The number of phenolic OH excluding ortho intramolecular Hbond substituents is 1. The summed E-state index contributed by atoms with van der Waals surface area (Å²) in [4.78, 5) is 53.4. The largest absolute Gasteiger partial charge is 0.511 e. The van der Waals surface area contributed by atoms with Crippen LogP contribution in [0.15, 0.2) is 28.7 Å². The molecule has 4 rings (SSSR count). The molecule has 0 fully saturated rings. The summed E-state index contributed by atoms with van der Waals surface area (Å²) in [6.45, 7) is 5.70. The van der Waals surface area contributed by atoms with Crippen LogP contribution in [0.5, 0.6) is 5.75 Å². The third-order valence-electron chi connectivity index (χ3n) is 7.34. The van der Waals surface area contributed by atoms with E-state index in [1.54, 1.807) is 25.1 Å². The molecule has 3 atom stereocenters. The van der Waals surface area contributed by atoms with Crippen molar-refractivity contribution in [2.24, 2.45) is 28.9 Å². The average Bonchev–Trinajstić information content (AvgIpc) is 2.71. The van der Waals surface area contributed by atoms with E-state index >= 15 is 0 Å². The normalized spacial score (nSPS) is 23.8. The zero-order valence-electron chi connectivity index (χ0n) is 21.1. The van der Waals surface area contributed by atoms with Crippen LogP contribution in [0.3, 0.4) is 0 Å². The predicted molar refractivity (Wildman–Crippen MR) is 132 cm³/mol. The quantitative estimate of drug-likeness (QED) is 0.365. The number of nitrogens with zero attached hydrogens (tertiary/aromatic N) is 1. The monoisotopic (exact) mass is 496 g/mol. The van der Waals surface area contributed by atoms with E-state index in [1.807, 2.05) is 20.8 Å². The van der Waals surface area contributed by atoms with Crippen molar-refractivity contribution >= 4 is 28.9 Å². The number of benzene rings is 1. The van der Waals surface area contributed by atoms with Crippen molar-refractivity contribution in [1.82, 2.24) is 0 Å². The van der Waals surface area contributed by atoms with Crippen LogP contribution >= 0.6 is 0 Å². The van der Waals surface area contributed by atoms with Gasteiger partial charge in [0.05, 0.1) is 17.0 Å². The number of allylic oxidation sites excluding steroid dienone is 3. The Morgan fingerprint density at radius 3 is 2.31 bits per heavy atom. The number of nitrogens with two attached hydrogens (primary N) is 1. The molecule has 1 aromatic carbocycles. The number of carbonyl (C=O) groups is 4. The Labute approximate surface area is 209 Å². The summed E-state index contributed by atoms with van der Waals surface area (Å²) >= 11 is 0. The number of aliphatic hydroxyl groups is 2. The molecule has 0 radical (unpaired) electrons. The molecule has 0 aromatic heterocycles. The van der Waals surface area contributed by atoms with Crippen LogP contribution in [0.4, 0.5) is 5.69 Å². The van der Waals surface area contributed by atoms with Gasteiger partial charge >= 0.3 is 0 Å². The van der Waals surface area contributed by atoms with Gasteiger partial charge in [0.1, 0.15) is 22.8 Å². The molecule has 3 unspecified atom stereocenters. The summed E-state index contributed by atoms with van der Waals surface area (Å²) in [5.74, 6) is -6.29. The molecule has 3 aliphatic rings. The number of aliphatic hydroxyl groups excluding tert-OH is 2. The van der Waals surface area contributed by atoms with E-state index in [0.29, 0.717) is 24.1 Å². The lowest BCUT2D eigenvalue weighted by Gasteiger charge is -2.41. The number of primary amides is 1. The van der Waals surface area contributed by atoms with Gasteiger partial charge in [0, 0.05) is 38.2 Å². The van der Waals surface area contributed by atoms with E-state index in [-0.39, 0.29) is 40.7 Å². The maximum Gasteiger partial charge on any atom is 0.255 e. The van der Waals surface area contributed by atoms with Gasteiger partial charge in [0.2, 0.25) is 0 Å². The Balaban J connectivity index is 1.88. The first-order chi connectivity index (χ1) is 16.6. The van der Waals surface area contributed by atoms with Crippen molar-refractivity contribution in [2.45, 2.75) is 46.5 Å². The fourth-order valence-corrected chi connectivity index (χ4v) is 5.88. The van der Waals surface area contributed by atoms with Crippen LogP contribution in [0.2, 0.25) is 0 Å². The first kappa shape index (κ1) is 25.5. The number of hydrogen-bond donors (Lipinski definition) is 4. The van der Waals surface area contributed by atoms with Crippen LogP contribution < -0.4 is 10.6 Å². The number of fused-ring (bicyclic) bond motifs is 3. The standard InChI is InChI=1S/C27H32N2O7/c1-27(2,3)10-17(31)14-9-15(29(4)5)13-7-11-6-12-8-16(30)21(26(28)36)25(35)19(12)23(33)18(11)24(34)20(13)22(14)32/h9,11-12,19,30,32-33H,6-8,10H2,1-5H3,(H2,28,36). The minimum atomic E-state index is -1.18. The highest BCUT2D eigenvalue weighted by molar-refractivity contribution is 6.22. The number of anilines is 1. The number of ketones is 3. The van der Waals surface area contributed by atoms with Gasteiger partial charge in [-0.25, -0.2) is 0 Å². The minimum absolute atomic E-state index is 0.00253. The smallest absolute Gasteiger partial charge is 0.255 e. The molecule has 0 saturated heterocycles. The third-order valence-corrected chi connectivity index (χ3v) is 7.34. The molecule has 1 aromatic rings. The second-order valence-electron chi connectivity index (χ2n) is 11.5. The maximum absolute atomic E-state index is 13.8. The molecule has 3 aliphatic carbocycles. The van der Waals surface area contributed by atoms with Crippen LogP contribution in [0.1, 0.15) is 66.3 Å². The second kappa shape index (κ2) is 8.50. The number of aromatic hydroxyl groups is 1. The zero-order chi connectivity index (χ0) is 26.9. The molecule has 0 heterocycles. The van der Waals surface area contributed by atoms with Gasteiger partial charge in [-0.2, -0.15) is 0 Å². The van der Waals surface area contributed by atoms with E-state index in [0.717, 1.165) is 0 Å². The van der Waals surface area contributed by atoms with Crippen molar-refractivity contribution in [3.05, 3.63) is 45.4 Å². The lowest BCUT2D eigenvalue weighted by molar-refractivity contribution is -0.126. The van der Waals surface area contributed by atoms with Crippen LogP contribution in [-0.2, 0) is 16.0 Å². The Morgan fingerprint density at radius 2 is 1.75 bits per heavy atom. The Hall–Kier alpha value is -3.62. The van der Waals surface area contributed by atoms with E-state index in [4.69, 9.17) is 5.73 Å². The number of Topliss-reactive ketones (excluding diaryl/α,β-unsaturated/α-hetero) is 3. The maximum atomic E-state index is 13.8. The molecule has 0 bridgehead atoms. The summed E-state index contributed by atoms with van der Waals surface area (Å²) in [7, 11) is 3.56. The fourth-order valence-electron chi connectivity index (χ4n) is 5.88. The van der Waals surface area contributed by atoms with Crippen LogP contribution in [0.25, 0.3) is 0 Å². The molecule has 9 heteroatoms. The first-order valence-electron chi connectivity index (χ1n) is 12.0. The third kappa shape index (κ3) is 3.96. The lowest BCUT2D eigenvalue weighted by atomic mass is 9.62.